The fourth-order valence-electron chi connectivity index (χ4n) is 3.25. The highest BCUT2D eigenvalue weighted by atomic mass is 79.9. The van der Waals surface area contributed by atoms with Crippen LogP contribution < -0.4 is 5.73 Å². The molecule has 0 amide bonds. The van der Waals surface area contributed by atoms with Gasteiger partial charge in [-0.3, -0.25) is 9.80 Å². The van der Waals surface area contributed by atoms with Gasteiger partial charge in [0.05, 0.1) is 0 Å². The van der Waals surface area contributed by atoms with Crippen molar-refractivity contribution in [3.63, 3.8) is 0 Å². The molecule has 4 heteroatoms. The van der Waals surface area contributed by atoms with Crippen LogP contribution in [0, 0.1) is 0 Å². The average Bonchev–Trinajstić information content (AvgIpc) is 2.47. The molecule has 1 saturated heterocycles. The van der Waals surface area contributed by atoms with E-state index in [9.17, 15) is 0 Å². The summed E-state index contributed by atoms with van der Waals surface area (Å²) in [6.45, 7) is 11.2. The number of nitrogens with two attached hydrogens (primary N) is 1. The lowest BCUT2D eigenvalue weighted by molar-refractivity contribution is 0.0653. The van der Waals surface area contributed by atoms with Gasteiger partial charge in [-0.05, 0) is 38.0 Å². The predicted molar refractivity (Wildman–Crippen MR) is 93.4 cm³/mol. The van der Waals surface area contributed by atoms with Crippen LogP contribution in [0.2, 0.25) is 0 Å². The smallest absolute Gasteiger partial charge is 0.0497 e. The van der Waals surface area contributed by atoms with Gasteiger partial charge < -0.3 is 5.73 Å². The topological polar surface area (TPSA) is 32.5 Å². The number of hydrogen-bond acceptors (Lipinski definition) is 3. The fraction of sp³-hybridized carbons (Fsp3) is 0.647. The highest BCUT2D eigenvalue weighted by molar-refractivity contribution is 9.10. The Morgan fingerprint density at radius 1 is 1.14 bits per heavy atom. The van der Waals surface area contributed by atoms with Gasteiger partial charge in [0.2, 0.25) is 0 Å². The van der Waals surface area contributed by atoms with E-state index in [1.165, 1.54) is 12.0 Å². The SMILES string of the molecule is CCC(C)N1CCN(C(c2cccc(Br)c2)C(C)N)CC1. The lowest BCUT2D eigenvalue weighted by atomic mass is 9.98. The quantitative estimate of drug-likeness (QED) is 0.881. The summed E-state index contributed by atoms with van der Waals surface area (Å²) in [5.74, 6) is 0. The first kappa shape index (κ1) is 16.9. The van der Waals surface area contributed by atoms with E-state index in [1.807, 2.05) is 0 Å². The van der Waals surface area contributed by atoms with Crippen LogP contribution in [-0.2, 0) is 0 Å². The summed E-state index contributed by atoms with van der Waals surface area (Å²) < 4.78 is 1.13. The summed E-state index contributed by atoms with van der Waals surface area (Å²) in [6.07, 6.45) is 1.22. The molecule has 118 valence electrons. The van der Waals surface area contributed by atoms with Crippen LogP contribution in [0.25, 0.3) is 0 Å². The van der Waals surface area contributed by atoms with E-state index >= 15 is 0 Å². The van der Waals surface area contributed by atoms with Crippen molar-refractivity contribution in [1.82, 2.24) is 9.80 Å². The molecular formula is C17H28BrN3. The predicted octanol–water partition coefficient (Wildman–Crippen LogP) is 3.25. The molecule has 1 fully saturated rings. The molecule has 0 aliphatic carbocycles. The summed E-state index contributed by atoms with van der Waals surface area (Å²) in [5, 5.41) is 0. The molecule has 2 N–H and O–H groups in total. The van der Waals surface area contributed by atoms with Crippen molar-refractivity contribution in [1.29, 1.82) is 0 Å². The first-order chi connectivity index (χ1) is 10.0. The van der Waals surface area contributed by atoms with Gasteiger partial charge in [-0.2, -0.15) is 0 Å². The maximum Gasteiger partial charge on any atom is 0.0497 e. The van der Waals surface area contributed by atoms with E-state index in [1.54, 1.807) is 0 Å². The van der Waals surface area contributed by atoms with Gasteiger partial charge >= 0.3 is 0 Å². The van der Waals surface area contributed by atoms with Crippen LogP contribution in [0.5, 0.6) is 0 Å². The van der Waals surface area contributed by atoms with Crippen LogP contribution in [0.4, 0.5) is 0 Å². The van der Waals surface area contributed by atoms with Crippen LogP contribution in [0.1, 0.15) is 38.8 Å². The van der Waals surface area contributed by atoms with Crippen molar-refractivity contribution in [3.8, 4) is 0 Å². The normalized spacial score (nSPS) is 22.0. The zero-order valence-electron chi connectivity index (χ0n) is 13.4. The zero-order valence-corrected chi connectivity index (χ0v) is 15.0. The standard InChI is InChI=1S/C17H28BrN3/c1-4-13(2)20-8-10-21(11-9-20)17(14(3)19)15-6-5-7-16(18)12-15/h5-7,12-14,17H,4,8-11,19H2,1-3H3. The number of halogens is 1. The Labute approximate surface area is 137 Å². The minimum atomic E-state index is 0.134. The second-order valence-electron chi connectivity index (χ2n) is 6.19. The molecule has 3 unspecified atom stereocenters. The molecule has 21 heavy (non-hydrogen) atoms. The summed E-state index contributed by atoms with van der Waals surface area (Å²) in [5.41, 5.74) is 7.62. The highest BCUT2D eigenvalue weighted by Crippen LogP contribution is 2.27. The molecule has 0 spiro atoms. The second kappa shape index (κ2) is 7.73. The molecular weight excluding hydrogens is 326 g/mol. The molecule has 3 atom stereocenters. The minimum absolute atomic E-state index is 0.134. The maximum atomic E-state index is 6.30. The highest BCUT2D eigenvalue weighted by Gasteiger charge is 2.28. The van der Waals surface area contributed by atoms with E-state index in [0.717, 1.165) is 30.7 Å². The Kier molecular flexibility index (Phi) is 6.23. The first-order valence-electron chi connectivity index (χ1n) is 8.02. The van der Waals surface area contributed by atoms with Crippen LogP contribution >= 0.6 is 15.9 Å². The molecule has 1 aromatic rings. The van der Waals surface area contributed by atoms with Crippen molar-refractivity contribution in [2.24, 2.45) is 5.73 Å². The van der Waals surface area contributed by atoms with Gasteiger partial charge in [-0.15, -0.1) is 0 Å². The van der Waals surface area contributed by atoms with E-state index in [2.05, 4.69) is 70.8 Å². The summed E-state index contributed by atoms with van der Waals surface area (Å²) >= 11 is 3.57. The number of nitrogens with zero attached hydrogens (tertiary/aromatic N) is 2. The van der Waals surface area contributed by atoms with Crippen LogP contribution in [0.3, 0.4) is 0 Å². The minimum Gasteiger partial charge on any atom is -0.326 e. The molecule has 1 aliphatic rings. The Hall–Kier alpha value is -0.420. The number of hydrogen-bond donors (Lipinski definition) is 1. The molecule has 1 aliphatic heterocycles. The second-order valence-corrected chi connectivity index (χ2v) is 7.10. The molecule has 2 rings (SSSR count). The molecule has 0 bridgehead atoms. The third-order valence-electron chi connectivity index (χ3n) is 4.64. The zero-order chi connectivity index (χ0) is 15.4. The van der Waals surface area contributed by atoms with Crippen LogP contribution in [0.15, 0.2) is 28.7 Å². The maximum absolute atomic E-state index is 6.30. The van der Waals surface area contributed by atoms with Gasteiger partial charge in [0.25, 0.3) is 0 Å². The lowest BCUT2D eigenvalue weighted by Crippen LogP contribution is -2.52. The molecule has 0 saturated carbocycles. The largest absolute Gasteiger partial charge is 0.326 e. The first-order valence-corrected chi connectivity index (χ1v) is 8.81. The van der Waals surface area contributed by atoms with Crippen molar-refractivity contribution < 1.29 is 0 Å². The fourth-order valence-corrected chi connectivity index (χ4v) is 3.67. The molecule has 3 nitrogen and oxygen atoms in total. The summed E-state index contributed by atoms with van der Waals surface area (Å²) in [7, 11) is 0. The van der Waals surface area contributed by atoms with E-state index in [0.29, 0.717) is 12.1 Å². The third-order valence-corrected chi connectivity index (χ3v) is 5.14. The number of piperazine rings is 1. The van der Waals surface area contributed by atoms with Gasteiger partial charge in [-0.1, -0.05) is 35.0 Å². The van der Waals surface area contributed by atoms with Crippen molar-refractivity contribution >= 4 is 15.9 Å². The van der Waals surface area contributed by atoms with Gasteiger partial charge in [-0.25, -0.2) is 0 Å². The average molecular weight is 354 g/mol. The Bertz CT molecular complexity index is 441. The van der Waals surface area contributed by atoms with Crippen LogP contribution in [-0.4, -0.2) is 48.1 Å². The van der Waals surface area contributed by atoms with Gasteiger partial charge in [0.15, 0.2) is 0 Å². The Morgan fingerprint density at radius 2 is 1.76 bits per heavy atom. The van der Waals surface area contributed by atoms with Gasteiger partial charge in [0, 0.05) is 48.8 Å². The van der Waals surface area contributed by atoms with Crippen molar-refractivity contribution in [2.45, 2.75) is 45.3 Å². The molecule has 0 radical (unpaired) electrons. The third kappa shape index (κ3) is 4.28. The summed E-state index contributed by atoms with van der Waals surface area (Å²) in [6, 6.07) is 9.70. The molecule has 1 aromatic carbocycles. The monoisotopic (exact) mass is 353 g/mol. The van der Waals surface area contributed by atoms with Crippen molar-refractivity contribution in [3.05, 3.63) is 34.3 Å². The van der Waals surface area contributed by atoms with E-state index in [-0.39, 0.29) is 6.04 Å². The van der Waals surface area contributed by atoms with Crippen molar-refractivity contribution in [2.75, 3.05) is 26.2 Å². The van der Waals surface area contributed by atoms with E-state index < -0.39 is 0 Å². The Morgan fingerprint density at radius 3 is 2.29 bits per heavy atom. The molecule has 1 heterocycles. The molecule has 0 aromatic heterocycles. The summed E-state index contributed by atoms with van der Waals surface area (Å²) in [4.78, 5) is 5.14. The Balaban J connectivity index is 2.07. The lowest BCUT2D eigenvalue weighted by Gasteiger charge is -2.42. The van der Waals surface area contributed by atoms with Gasteiger partial charge in [0.1, 0.15) is 0 Å². The number of rotatable bonds is 5. The number of benzene rings is 1. The van der Waals surface area contributed by atoms with E-state index in [4.69, 9.17) is 5.73 Å².